The molecular weight excluding hydrogens is 288 g/mol. The second-order valence-electron chi connectivity index (χ2n) is 4.54. The van der Waals surface area contributed by atoms with Gasteiger partial charge in [-0.3, -0.25) is 0 Å². The molecule has 20 heavy (non-hydrogen) atoms. The molecule has 8 nitrogen and oxygen atoms in total. The Balaban J connectivity index is 2.08. The van der Waals surface area contributed by atoms with Gasteiger partial charge in [-0.05, 0) is 12.1 Å². The maximum Gasteiger partial charge on any atom is 0.337 e. The smallest absolute Gasteiger partial charge is 0.337 e. The number of aliphatic hydroxyl groups is 1. The van der Waals surface area contributed by atoms with E-state index in [0.717, 1.165) is 18.3 Å². The first-order valence-corrected chi connectivity index (χ1v) is 7.30. The molecule has 1 atom stereocenters. The molecule has 0 saturated carbocycles. The molecule has 3 N–H and O–H groups in total. The van der Waals surface area contributed by atoms with Crippen LogP contribution in [0.15, 0.2) is 23.4 Å². The van der Waals surface area contributed by atoms with E-state index in [9.17, 15) is 18.3 Å². The van der Waals surface area contributed by atoms with Gasteiger partial charge in [0.15, 0.2) is 5.03 Å². The van der Waals surface area contributed by atoms with Gasteiger partial charge in [-0.1, -0.05) is 0 Å². The van der Waals surface area contributed by atoms with Gasteiger partial charge in [0.2, 0.25) is 0 Å². The predicted octanol–water partition coefficient (Wildman–Crippen LogP) is -0.791. The number of aromatic carboxylic acids is 1. The van der Waals surface area contributed by atoms with Crippen LogP contribution in [-0.4, -0.2) is 54.9 Å². The molecule has 0 aromatic carbocycles. The number of hydrogen-bond acceptors (Lipinski definition) is 6. The molecule has 2 heterocycles. The lowest BCUT2D eigenvalue weighted by molar-refractivity contribution is 0.0314. The molecule has 0 spiro atoms. The van der Waals surface area contributed by atoms with Crippen molar-refractivity contribution < 1.29 is 28.2 Å². The lowest BCUT2D eigenvalue weighted by Gasteiger charge is -2.20. The molecule has 1 unspecified atom stereocenters. The number of sulfonamides is 1. The number of nitrogens with one attached hydrogen (secondary N) is 1. The second kappa shape index (κ2) is 5.44. The molecule has 0 aliphatic carbocycles. The fourth-order valence-electron chi connectivity index (χ4n) is 1.70. The van der Waals surface area contributed by atoms with Gasteiger partial charge in [-0.25, -0.2) is 22.9 Å². The number of carboxylic acid groups (broad SMARTS) is 1. The number of carbonyl (C=O) groups is 1. The lowest BCUT2D eigenvalue weighted by Crippen LogP contribution is -2.43. The van der Waals surface area contributed by atoms with E-state index in [2.05, 4.69) is 9.71 Å². The molecule has 1 aromatic heterocycles. The van der Waals surface area contributed by atoms with Crippen LogP contribution in [0, 0.1) is 0 Å². The van der Waals surface area contributed by atoms with Gasteiger partial charge >= 0.3 is 5.97 Å². The lowest BCUT2D eigenvalue weighted by atomic mass is 10.1. The Labute approximate surface area is 115 Å². The van der Waals surface area contributed by atoms with Crippen molar-refractivity contribution in [3.05, 3.63) is 23.9 Å². The molecular formula is C11H14N2O6S. The molecule has 0 bridgehead atoms. The zero-order valence-corrected chi connectivity index (χ0v) is 11.3. The van der Waals surface area contributed by atoms with E-state index in [-0.39, 0.29) is 23.7 Å². The highest BCUT2D eigenvalue weighted by molar-refractivity contribution is 7.89. The summed E-state index contributed by atoms with van der Waals surface area (Å²) in [6.07, 6.45) is 1.31. The molecule has 1 aliphatic rings. The SMILES string of the molecule is O=C(O)c1ccc(S(=O)(=O)NCC2(O)CCOC2)nc1. The van der Waals surface area contributed by atoms with Crippen LogP contribution in [0.2, 0.25) is 0 Å². The van der Waals surface area contributed by atoms with Gasteiger partial charge in [0.1, 0.15) is 5.60 Å². The van der Waals surface area contributed by atoms with Gasteiger partial charge in [-0.2, -0.15) is 0 Å². The van der Waals surface area contributed by atoms with Crippen molar-refractivity contribution in [2.45, 2.75) is 17.0 Å². The monoisotopic (exact) mass is 302 g/mol. The van der Waals surface area contributed by atoms with Crippen LogP contribution in [0.1, 0.15) is 16.8 Å². The van der Waals surface area contributed by atoms with Gasteiger partial charge in [0.05, 0.1) is 12.2 Å². The summed E-state index contributed by atoms with van der Waals surface area (Å²) in [7, 11) is -3.90. The van der Waals surface area contributed by atoms with Crippen molar-refractivity contribution in [3.63, 3.8) is 0 Å². The first kappa shape index (κ1) is 14.9. The van der Waals surface area contributed by atoms with E-state index in [4.69, 9.17) is 9.84 Å². The molecule has 0 amide bonds. The summed E-state index contributed by atoms with van der Waals surface area (Å²) >= 11 is 0. The average molecular weight is 302 g/mol. The number of hydrogen-bond donors (Lipinski definition) is 3. The Morgan fingerprint density at radius 3 is 2.75 bits per heavy atom. The Hall–Kier alpha value is -1.55. The first-order valence-electron chi connectivity index (χ1n) is 5.82. The number of pyridine rings is 1. The molecule has 1 aliphatic heterocycles. The Bertz CT molecular complexity index is 592. The summed E-state index contributed by atoms with van der Waals surface area (Å²) in [5.74, 6) is -1.19. The van der Waals surface area contributed by atoms with Crippen LogP contribution in [0.4, 0.5) is 0 Å². The van der Waals surface area contributed by atoms with Gasteiger partial charge in [0, 0.05) is 25.8 Å². The van der Waals surface area contributed by atoms with Crippen LogP contribution in [0.25, 0.3) is 0 Å². The summed E-state index contributed by atoms with van der Waals surface area (Å²) in [6, 6.07) is 2.25. The maximum absolute atomic E-state index is 11.9. The molecule has 0 radical (unpaired) electrons. The topological polar surface area (TPSA) is 126 Å². The van der Waals surface area contributed by atoms with Crippen molar-refractivity contribution in [2.24, 2.45) is 0 Å². The summed E-state index contributed by atoms with van der Waals surface area (Å²) in [4.78, 5) is 14.2. The number of carboxylic acids is 1. The molecule has 110 valence electrons. The number of aromatic nitrogens is 1. The number of ether oxygens (including phenoxy) is 1. The zero-order chi connectivity index (χ0) is 14.8. The van der Waals surface area contributed by atoms with E-state index in [1.165, 1.54) is 0 Å². The van der Waals surface area contributed by atoms with Crippen LogP contribution in [0.3, 0.4) is 0 Å². The summed E-state index contributed by atoms with van der Waals surface area (Å²) in [5, 5.41) is 18.4. The van der Waals surface area contributed by atoms with Gasteiger partial charge < -0.3 is 14.9 Å². The van der Waals surface area contributed by atoms with Crippen LogP contribution in [-0.2, 0) is 14.8 Å². The standard InChI is InChI=1S/C11H14N2O6S/c14-10(15)8-1-2-9(12-5-8)20(17,18)13-6-11(16)3-4-19-7-11/h1-2,5,13,16H,3-4,6-7H2,(H,14,15). The normalized spacial score (nSPS) is 22.9. The summed E-state index contributed by atoms with van der Waals surface area (Å²) < 4.78 is 31.1. The molecule has 9 heteroatoms. The Morgan fingerprint density at radius 2 is 2.25 bits per heavy atom. The van der Waals surface area contributed by atoms with E-state index in [1.54, 1.807) is 0 Å². The molecule has 1 aromatic rings. The van der Waals surface area contributed by atoms with Crippen LogP contribution in [0.5, 0.6) is 0 Å². The summed E-state index contributed by atoms with van der Waals surface area (Å²) in [6.45, 7) is 0.266. The molecule has 1 fully saturated rings. The average Bonchev–Trinajstić information content (AvgIpc) is 2.84. The highest BCUT2D eigenvalue weighted by atomic mass is 32.2. The van der Waals surface area contributed by atoms with Crippen LogP contribution >= 0.6 is 0 Å². The van der Waals surface area contributed by atoms with E-state index in [0.29, 0.717) is 13.0 Å². The van der Waals surface area contributed by atoms with Crippen molar-refractivity contribution in [1.29, 1.82) is 0 Å². The number of rotatable bonds is 5. The van der Waals surface area contributed by atoms with E-state index >= 15 is 0 Å². The van der Waals surface area contributed by atoms with E-state index in [1.807, 2.05) is 0 Å². The quantitative estimate of drug-likeness (QED) is 0.650. The third kappa shape index (κ3) is 3.31. The predicted molar refractivity (Wildman–Crippen MR) is 66.8 cm³/mol. The minimum Gasteiger partial charge on any atom is -0.478 e. The van der Waals surface area contributed by atoms with E-state index < -0.39 is 21.6 Å². The summed E-state index contributed by atoms with van der Waals surface area (Å²) in [5.41, 5.74) is -1.32. The maximum atomic E-state index is 11.9. The first-order chi connectivity index (χ1) is 9.32. The largest absolute Gasteiger partial charge is 0.478 e. The third-order valence-electron chi connectivity index (χ3n) is 2.93. The second-order valence-corrected chi connectivity index (χ2v) is 6.26. The Morgan fingerprint density at radius 1 is 1.50 bits per heavy atom. The third-order valence-corrected chi connectivity index (χ3v) is 4.25. The molecule has 2 rings (SSSR count). The fourth-order valence-corrected chi connectivity index (χ4v) is 2.75. The zero-order valence-electron chi connectivity index (χ0n) is 10.4. The minimum atomic E-state index is -3.90. The van der Waals surface area contributed by atoms with Crippen molar-refractivity contribution >= 4 is 16.0 Å². The van der Waals surface area contributed by atoms with Gasteiger partial charge in [0.25, 0.3) is 10.0 Å². The van der Waals surface area contributed by atoms with Crippen molar-refractivity contribution in [3.8, 4) is 0 Å². The van der Waals surface area contributed by atoms with Gasteiger partial charge in [-0.15, -0.1) is 0 Å². The van der Waals surface area contributed by atoms with Crippen molar-refractivity contribution in [2.75, 3.05) is 19.8 Å². The minimum absolute atomic E-state index is 0.0703. The van der Waals surface area contributed by atoms with Crippen LogP contribution < -0.4 is 4.72 Å². The highest BCUT2D eigenvalue weighted by Gasteiger charge is 2.33. The fraction of sp³-hybridized carbons (Fsp3) is 0.455. The number of nitrogens with zero attached hydrogens (tertiary/aromatic N) is 1. The molecule has 1 saturated heterocycles. The highest BCUT2D eigenvalue weighted by Crippen LogP contribution is 2.18. The Kier molecular flexibility index (Phi) is 4.04. The van der Waals surface area contributed by atoms with Crippen molar-refractivity contribution in [1.82, 2.24) is 9.71 Å².